The summed E-state index contributed by atoms with van der Waals surface area (Å²) in [6.07, 6.45) is 0. The second kappa shape index (κ2) is 3.61. The van der Waals surface area contributed by atoms with Gasteiger partial charge in [0.05, 0.1) is 10.5 Å². The first-order valence-electron chi connectivity index (χ1n) is 4.42. The van der Waals surface area contributed by atoms with Crippen LogP contribution < -0.4 is 9.47 Å². The van der Waals surface area contributed by atoms with Gasteiger partial charge in [-0.25, -0.2) is 0 Å². The SMILES string of the molecule is C=C(c1ccc2c(c1)OCCO2)[N+](=O)[O-]. The normalized spacial score (nSPS) is 13.3. The maximum Gasteiger partial charge on any atom is 0.269 e. The molecule has 2 rings (SSSR count). The van der Waals surface area contributed by atoms with E-state index < -0.39 is 4.92 Å². The summed E-state index contributed by atoms with van der Waals surface area (Å²) in [5.41, 5.74) is 0.288. The number of benzene rings is 1. The second-order valence-electron chi connectivity index (χ2n) is 3.06. The average Bonchev–Trinajstić information content (AvgIpc) is 2.27. The molecule has 0 aliphatic carbocycles. The van der Waals surface area contributed by atoms with Crippen molar-refractivity contribution >= 4 is 5.70 Å². The van der Waals surface area contributed by atoms with Crippen molar-refractivity contribution in [3.63, 3.8) is 0 Å². The number of hydrogen-bond acceptors (Lipinski definition) is 4. The van der Waals surface area contributed by atoms with Crippen molar-refractivity contribution in [2.45, 2.75) is 0 Å². The van der Waals surface area contributed by atoms with Crippen molar-refractivity contribution < 1.29 is 14.4 Å². The Balaban J connectivity index is 2.36. The lowest BCUT2D eigenvalue weighted by atomic mass is 10.1. The third-order valence-electron chi connectivity index (χ3n) is 2.10. The molecule has 0 bridgehead atoms. The first-order valence-corrected chi connectivity index (χ1v) is 4.42. The quantitative estimate of drug-likeness (QED) is 0.547. The van der Waals surface area contributed by atoms with Crippen LogP contribution in [0.15, 0.2) is 24.8 Å². The van der Waals surface area contributed by atoms with Crippen LogP contribution in [0.25, 0.3) is 5.70 Å². The standard InChI is InChI=1S/C10H9NO4/c1-7(11(12)13)8-2-3-9-10(6-8)15-5-4-14-9/h2-3,6H,1,4-5H2. The second-order valence-corrected chi connectivity index (χ2v) is 3.06. The lowest BCUT2D eigenvalue weighted by molar-refractivity contribution is -0.375. The summed E-state index contributed by atoms with van der Waals surface area (Å²) in [4.78, 5) is 9.98. The molecule has 1 aliphatic heterocycles. The minimum Gasteiger partial charge on any atom is -0.486 e. The van der Waals surface area contributed by atoms with Gasteiger partial charge in [0.1, 0.15) is 13.2 Å². The zero-order valence-corrected chi connectivity index (χ0v) is 7.93. The Morgan fingerprint density at radius 2 is 2.00 bits per heavy atom. The topological polar surface area (TPSA) is 61.6 Å². The molecule has 0 radical (unpaired) electrons. The van der Waals surface area contributed by atoms with E-state index in [1.165, 1.54) is 0 Å². The first kappa shape index (κ1) is 9.51. The summed E-state index contributed by atoms with van der Waals surface area (Å²) in [5.74, 6) is 1.14. The number of nitrogens with zero attached hydrogens (tertiary/aromatic N) is 1. The summed E-state index contributed by atoms with van der Waals surface area (Å²) >= 11 is 0. The molecule has 1 aliphatic rings. The molecule has 15 heavy (non-hydrogen) atoms. The number of rotatable bonds is 2. The van der Waals surface area contributed by atoms with E-state index in [9.17, 15) is 10.1 Å². The van der Waals surface area contributed by atoms with E-state index in [4.69, 9.17) is 9.47 Å². The molecule has 0 fully saturated rings. The third-order valence-corrected chi connectivity index (χ3v) is 2.10. The monoisotopic (exact) mass is 207 g/mol. The zero-order chi connectivity index (χ0) is 10.8. The Labute approximate surface area is 86.1 Å². The van der Waals surface area contributed by atoms with Gasteiger partial charge in [0.25, 0.3) is 5.70 Å². The van der Waals surface area contributed by atoms with Crippen LogP contribution in [0, 0.1) is 10.1 Å². The number of hydrogen-bond donors (Lipinski definition) is 0. The number of fused-ring (bicyclic) bond motifs is 1. The Kier molecular flexibility index (Phi) is 2.29. The van der Waals surface area contributed by atoms with Gasteiger partial charge in [-0.15, -0.1) is 0 Å². The Bertz CT molecular complexity index is 427. The van der Waals surface area contributed by atoms with Gasteiger partial charge >= 0.3 is 0 Å². The summed E-state index contributed by atoms with van der Waals surface area (Å²) < 4.78 is 10.6. The van der Waals surface area contributed by atoms with Crippen LogP contribution >= 0.6 is 0 Å². The van der Waals surface area contributed by atoms with E-state index in [-0.39, 0.29) is 5.70 Å². The summed E-state index contributed by atoms with van der Waals surface area (Å²) in [5, 5.41) is 10.5. The van der Waals surface area contributed by atoms with Gasteiger partial charge in [0, 0.05) is 0 Å². The molecule has 78 valence electrons. The van der Waals surface area contributed by atoms with Crippen LogP contribution in [0.1, 0.15) is 5.56 Å². The van der Waals surface area contributed by atoms with Gasteiger partial charge in [-0.2, -0.15) is 0 Å². The molecule has 5 heteroatoms. The van der Waals surface area contributed by atoms with Gasteiger partial charge in [0.2, 0.25) is 0 Å². The van der Waals surface area contributed by atoms with Crippen LogP contribution in [0.3, 0.4) is 0 Å². The van der Waals surface area contributed by atoms with Gasteiger partial charge in [-0.1, -0.05) is 0 Å². The van der Waals surface area contributed by atoms with E-state index in [1.54, 1.807) is 18.2 Å². The van der Waals surface area contributed by atoms with Gasteiger partial charge in [0.15, 0.2) is 11.5 Å². The minimum atomic E-state index is -0.522. The summed E-state index contributed by atoms with van der Waals surface area (Å²) in [6.45, 7) is 4.34. The van der Waals surface area contributed by atoms with Crippen molar-refractivity contribution in [1.82, 2.24) is 0 Å². The van der Waals surface area contributed by atoms with Crippen LogP contribution in [0.4, 0.5) is 0 Å². The number of nitro groups is 1. The van der Waals surface area contributed by atoms with Crippen molar-refractivity contribution in [3.8, 4) is 11.5 Å². The highest BCUT2D eigenvalue weighted by atomic mass is 16.6. The molecule has 0 spiro atoms. The van der Waals surface area contributed by atoms with Gasteiger partial charge < -0.3 is 9.47 Å². The largest absolute Gasteiger partial charge is 0.486 e. The molecule has 0 atom stereocenters. The van der Waals surface area contributed by atoms with Gasteiger partial charge in [-0.05, 0) is 24.8 Å². The molecule has 1 aromatic carbocycles. The smallest absolute Gasteiger partial charge is 0.269 e. The lowest BCUT2D eigenvalue weighted by Gasteiger charge is -2.18. The van der Waals surface area contributed by atoms with E-state index in [1.807, 2.05) is 0 Å². The molecule has 0 amide bonds. The molecule has 5 nitrogen and oxygen atoms in total. The average molecular weight is 207 g/mol. The lowest BCUT2D eigenvalue weighted by Crippen LogP contribution is -2.15. The van der Waals surface area contributed by atoms with Crippen molar-refractivity contribution in [2.24, 2.45) is 0 Å². The minimum absolute atomic E-state index is 0.146. The predicted octanol–water partition coefficient (Wildman–Crippen LogP) is 1.71. The number of ether oxygens (including phenoxy) is 2. The van der Waals surface area contributed by atoms with Crippen LogP contribution in [0.5, 0.6) is 11.5 Å². The van der Waals surface area contributed by atoms with Crippen LogP contribution in [-0.4, -0.2) is 18.1 Å². The highest BCUT2D eigenvalue weighted by Gasteiger charge is 2.16. The van der Waals surface area contributed by atoms with Crippen molar-refractivity contribution in [2.75, 3.05) is 13.2 Å². The molecule has 0 saturated heterocycles. The molecule has 0 saturated carbocycles. The molecule has 1 heterocycles. The summed E-state index contributed by atoms with van der Waals surface area (Å²) in [6, 6.07) is 4.82. The van der Waals surface area contributed by atoms with E-state index in [0.29, 0.717) is 30.3 Å². The third kappa shape index (κ3) is 1.76. The van der Waals surface area contributed by atoms with Gasteiger partial charge in [-0.3, -0.25) is 10.1 Å². The fraction of sp³-hybridized carbons (Fsp3) is 0.200. The highest BCUT2D eigenvalue weighted by molar-refractivity contribution is 5.60. The van der Waals surface area contributed by atoms with Crippen LogP contribution in [0.2, 0.25) is 0 Å². The molecular weight excluding hydrogens is 198 g/mol. The van der Waals surface area contributed by atoms with E-state index >= 15 is 0 Å². The summed E-state index contributed by atoms with van der Waals surface area (Å²) in [7, 11) is 0. The maximum atomic E-state index is 10.5. The fourth-order valence-electron chi connectivity index (χ4n) is 1.33. The fourth-order valence-corrected chi connectivity index (χ4v) is 1.33. The predicted molar refractivity (Wildman–Crippen MR) is 53.5 cm³/mol. The molecule has 0 unspecified atom stereocenters. The van der Waals surface area contributed by atoms with Crippen molar-refractivity contribution in [1.29, 1.82) is 0 Å². The molecular formula is C10H9NO4. The Morgan fingerprint density at radius 3 is 2.67 bits per heavy atom. The first-order chi connectivity index (χ1) is 7.18. The maximum absolute atomic E-state index is 10.5. The Morgan fingerprint density at radius 1 is 1.33 bits per heavy atom. The van der Waals surface area contributed by atoms with E-state index in [0.717, 1.165) is 0 Å². The van der Waals surface area contributed by atoms with Crippen LogP contribution in [-0.2, 0) is 0 Å². The molecule has 0 N–H and O–H groups in total. The van der Waals surface area contributed by atoms with Crippen molar-refractivity contribution in [3.05, 3.63) is 40.5 Å². The zero-order valence-electron chi connectivity index (χ0n) is 7.93. The van der Waals surface area contributed by atoms with E-state index in [2.05, 4.69) is 6.58 Å². The Hall–Kier alpha value is -2.04. The molecule has 1 aromatic rings. The molecule has 0 aromatic heterocycles. The highest BCUT2D eigenvalue weighted by Crippen LogP contribution is 2.32.